The van der Waals surface area contributed by atoms with Crippen molar-refractivity contribution in [2.75, 3.05) is 11.1 Å². The first kappa shape index (κ1) is 13.9. The summed E-state index contributed by atoms with van der Waals surface area (Å²) in [7, 11) is 0. The Morgan fingerprint density at radius 1 is 1.18 bits per heavy atom. The molecule has 0 bridgehead atoms. The molecule has 0 saturated heterocycles. The third-order valence-electron chi connectivity index (χ3n) is 3.28. The van der Waals surface area contributed by atoms with Gasteiger partial charge in [-0.2, -0.15) is 0 Å². The highest BCUT2D eigenvalue weighted by molar-refractivity contribution is 5.63. The van der Waals surface area contributed by atoms with E-state index in [0.717, 1.165) is 5.69 Å². The molecule has 0 amide bonds. The van der Waals surface area contributed by atoms with E-state index in [-0.39, 0.29) is 0 Å². The predicted molar refractivity (Wildman–Crippen MR) is 77.4 cm³/mol. The van der Waals surface area contributed by atoms with Gasteiger partial charge in [0.05, 0.1) is 0 Å². The molecular formula is C15H26N2. The molecule has 96 valence electrons. The van der Waals surface area contributed by atoms with Crippen LogP contribution in [0.4, 0.5) is 11.4 Å². The van der Waals surface area contributed by atoms with E-state index in [1.807, 2.05) is 12.1 Å². The van der Waals surface area contributed by atoms with Gasteiger partial charge in [-0.25, -0.2) is 0 Å². The molecule has 0 spiro atoms. The fraction of sp³-hybridized carbons (Fsp3) is 0.600. The van der Waals surface area contributed by atoms with E-state index >= 15 is 0 Å². The number of nitrogens with one attached hydrogen (secondary N) is 1. The van der Waals surface area contributed by atoms with Crippen molar-refractivity contribution >= 4 is 11.4 Å². The van der Waals surface area contributed by atoms with E-state index in [2.05, 4.69) is 32.2 Å². The van der Waals surface area contributed by atoms with E-state index in [0.29, 0.717) is 6.04 Å². The van der Waals surface area contributed by atoms with Crippen LogP contribution in [-0.2, 0) is 0 Å². The van der Waals surface area contributed by atoms with E-state index < -0.39 is 0 Å². The summed E-state index contributed by atoms with van der Waals surface area (Å²) in [6.07, 6.45) is 6.26. The minimum atomic E-state index is 0.584. The van der Waals surface area contributed by atoms with Crippen LogP contribution in [0.1, 0.15) is 51.5 Å². The molecule has 0 aliphatic rings. The summed E-state index contributed by atoms with van der Waals surface area (Å²) in [4.78, 5) is 0. The highest BCUT2D eigenvalue weighted by Crippen LogP contribution is 2.23. The van der Waals surface area contributed by atoms with Gasteiger partial charge in [-0.05, 0) is 37.5 Å². The molecule has 0 heterocycles. The van der Waals surface area contributed by atoms with Crippen molar-refractivity contribution in [3.8, 4) is 0 Å². The Bertz CT molecular complexity index is 334. The first-order valence-electron chi connectivity index (χ1n) is 6.80. The number of anilines is 2. The molecule has 0 aliphatic carbocycles. The van der Waals surface area contributed by atoms with E-state index in [1.54, 1.807) is 0 Å². The summed E-state index contributed by atoms with van der Waals surface area (Å²) in [6, 6.07) is 6.69. The molecule has 2 nitrogen and oxygen atoms in total. The van der Waals surface area contributed by atoms with Crippen LogP contribution in [0.15, 0.2) is 18.2 Å². The van der Waals surface area contributed by atoms with Crippen LogP contribution in [-0.4, -0.2) is 6.04 Å². The lowest BCUT2D eigenvalue weighted by Gasteiger charge is -2.21. The highest BCUT2D eigenvalue weighted by atomic mass is 14.9. The molecule has 1 unspecified atom stereocenters. The summed E-state index contributed by atoms with van der Waals surface area (Å²) in [6.45, 7) is 6.57. The molecule has 1 rings (SSSR count). The van der Waals surface area contributed by atoms with Gasteiger partial charge in [0, 0.05) is 17.4 Å². The highest BCUT2D eigenvalue weighted by Gasteiger charge is 2.09. The molecule has 0 aromatic heterocycles. The zero-order valence-corrected chi connectivity index (χ0v) is 11.4. The van der Waals surface area contributed by atoms with Crippen LogP contribution in [0.2, 0.25) is 0 Å². The maximum absolute atomic E-state index is 5.93. The lowest BCUT2D eigenvalue weighted by Crippen LogP contribution is -2.20. The number of rotatable bonds is 7. The lowest BCUT2D eigenvalue weighted by atomic mass is 10.0. The minimum absolute atomic E-state index is 0.584. The maximum atomic E-state index is 5.93. The van der Waals surface area contributed by atoms with Gasteiger partial charge < -0.3 is 11.1 Å². The zero-order chi connectivity index (χ0) is 12.7. The molecule has 3 N–H and O–H groups in total. The van der Waals surface area contributed by atoms with Gasteiger partial charge >= 0.3 is 0 Å². The number of nitrogens with two attached hydrogens (primary N) is 1. The molecule has 1 atom stereocenters. The van der Waals surface area contributed by atoms with Crippen LogP contribution in [0.5, 0.6) is 0 Å². The van der Waals surface area contributed by atoms with E-state index in [9.17, 15) is 0 Å². The summed E-state index contributed by atoms with van der Waals surface area (Å²) in [5.74, 6) is 0. The van der Waals surface area contributed by atoms with Crippen molar-refractivity contribution < 1.29 is 0 Å². The first-order valence-corrected chi connectivity index (χ1v) is 6.80. The Morgan fingerprint density at radius 2 is 1.94 bits per heavy atom. The third kappa shape index (κ3) is 4.29. The van der Waals surface area contributed by atoms with Crippen molar-refractivity contribution in [1.82, 2.24) is 0 Å². The van der Waals surface area contributed by atoms with Crippen LogP contribution >= 0.6 is 0 Å². The Hall–Kier alpha value is -1.18. The summed E-state index contributed by atoms with van der Waals surface area (Å²) in [5, 5.41) is 3.64. The first-order chi connectivity index (χ1) is 8.19. The minimum Gasteiger partial charge on any atom is -0.398 e. The molecule has 1 aromatic rings. The number of unbranched alkanes of at least 4 members (excludes halogenated alkanes) is 1. The van der Waals surface area contributed by atoms with Gasteiger partial charge in [0.15, 0.2) is 0 Å². The van der Waals surface area contributed by atoms with Crippen molar-refractivity contribution in [2.45, 2.75) is 58.9 Å². The molecule has 0 fully saturated rings. The quantitative estimate of drug-likeness (QED) is 0.688. The second-order valence-electron chi connectivity index (χ2n) is 4.79. The zero-order valence-electron chi connectivity index (χ0n) is 11.4. The topological polar surface area (TPSA) is 38.0 Å². The number of nitrogen functional groups attached to an aromatic ring is 1. The standard InChI is InChI=1S/C15H26N2/c1-4-6-9-13(8-5-2)17-15-11-7-10-14(16)12(15)3/h7,10-11,13,17H,4-6,8-9,16H2,1-3H3. The largest absolute Gasteiger partial charge is 0.398 e. The van der Waals surface area contributed by atoms with Crippen LogP contribution in [0.25, 0.3) is 0 Å². The Kier molecular flexibility index (Phi) is 5.88. The fourth-order valence-corrected chi connectivity index (χ4v) is 2.12. The monoisotopic (exact) mass is 234 g/mol. The molecule has 2 heteroatoms. The Labute approximate surface area is 106 Å². The van der Waals surface area contributed by atoms with Gasteiger partial charge in [0.1, 0.15) is 0 Å². The summed E-state index contributed by atoms with van der Waals surface area (Å²) >= 11 is 0. The van der Waals surface area contributed by atoms with Crippen LogP contribution < -0.4 is 11.1 Å². The van der Waals surface area contributed by atoms with Crippen molar-refractivity contribution in [1.29, 1.82) is 0 Å². The van der Waals surface area contributed by atoms with Gasteiger partial charge in [-0.1, -0.05) is 39.2 Å². The van der Waals surface area contributed by atoms with Crippen LogP contribution in [0.3, 0.4) is 0 Å². The smallest absolute Gasteiger partial charge is 0.0392 e. The van der Waals surface area contributed by atoms with E-state index in [4.69, 9.17) is 5.73 Å². The number of hydrogen-bond donors (Lipinski definition) is 2. The van der Waals surface area contributed by atoms with Gasteiger partial charge in [0.25, 0.3) is 0 Å². The predicted octanol–water partition coefficient (Wildman–Crippen LogP) is 4.35. The van der Waals surface area contributed by atoms with Crippen LogP contribution in [0, 0.1) is 6.92 Å². The third-order valence-corrected chi connectivity index (χ3v) is 3.28. The molecular weight excluding hydrogens is 208 g/mol. The average Bonchev–Trinajstić information content (AvgIpc) is 2.32. The van der Waals surface area contributed by atoms with Gasteiger partial charge in [0.2, 0.25) is 0 Å². The van der Waals surface area contributed by atoms with Gasteiger partial charge in [-0.15, -0.1) is 0 Å². The van der Waals surface area contributed by atoms with Crippen molar-refractivity contribution in [3.05, 3.63) is 23.8 Å². The fourth-order valence-electron chi connectivity index (χ4n) is 2.12. The molecule has 17 heavy (non-hydrogen) atoms. The van der Waals surface area contributed by atoms with Crippen molar-refractivity contribution in [3.63, 3.8) is 0 Å². The normalized spacial score (nSPS) is 12.4. The molecule has 0 saturated carbocycles. The van der Waals surface area contributed by atoms with Gasteiger partial charge in [-0.3, -0.25) is 0 Å². The second kappa shape index (κ2) is 7.21. The average molecular weight is 234 g/mol. The maximum Gasteiger partial charge on any atom is 0.0392 e. The molecule has 0 radical (unpaired) electrons. The molecule has 0 aliphatic heterocycles. The summed E-state index contributed by atoms with van der Waals surface area (Å²) < 4.78 is 0. The SMILES string of the molecule is CCCCC(CCC)Nc1cccc(N)c1C. The summed E-state index contributed by atoms with van der Waals surface area (Å²) in [5.41, 5.74) is 9.17. The van der Waals surface area contributed by atoms with E-state index in [1.165, 1.54) is 43.4 Å². The molecule has 1 aromatic carbocycles. The lowest BCUT2D eigenvalue weighted by molar-refractivity contribution is 0.564. The Balaban J connectivity index is 2.67. The van der Waals surface area contributed by atoms with Crippen molar-refractivity contribution in [2.24, 2.45) is 0 Å². The second-order valence-corrected chi connectivity index (χ2v) is 4.79. The Morgan fingerprint density at radius 3 is 2.59 bits per heavy atom. The number of benzene rings is 1. The number of hydrogen-bond acceptors (Lipinski definition) is 2.